The van der Waals surface area contributed by atoms with Gasteiger partial charge >= 0.3 is 0 Å². The average Bonchev–Trinajstić information content (AvgIpc) is 2.58. The minimum absolute atomic E-state index is 0.0820. The smallest absolute Gasteiger partial charge is 0.194 e. The highest BCUT2D eigenvalue weighted by Gasteiger charge is 2.26. The van der Waals surface area contributed by atoms with Gasteiger partial charge in [-0.2, -0.15) is 0 Å². The molecule has 0 aromatic carbocycles. The van der Waals surface area contributed by atoms with Crippen LogP contribution in [0, 0.1) is 5.41 Å². The standard InChI is InChI=1S/C19H39N3O3/c1-7-20-18(21-15-17(24-6)19(2,3)4)22-11-9-16(10-12-22)25-14-8-13-23-5/h16-17H,7-15H2,1-6H3,(H,20,21). The Morgan fingerprint density at radius 3 is 2.40 bits per heavy atom. The van der Waals surface area contributed by atoms with E-state index in [0.717, 1.165) is 58.1 Å². The Labute approximate surface area is 154 Å². The minimum Gasteiger partial charge on any atom is -0.385 e. The van der Waals surface area contributed by atoms with Gasteiger partial charge in [-0.15, -0.1) is 0 Å². The predicted octanol–water partition coefficient (Wildman–Crippen LogP) is 2.53. The van der Waals surface area contributed by atoms with Gasteiger partial charge in [-0.25, -0.2) is 0 Å². The van der Waals surface area contributed by atoms with Crippen LogP contribution in [0.2, 0.25) is 0 Å². The number of nitrogens with one attached hydrogen (secondary N) is 1. The van der Waals surface area contributed by atoms with Crippen molar-refractivity contribution < 1.29 is 14.2 Å². The van der Waals surface area contributed by atoms with Crippen molar-refractivity contribution in [2.45, 2.75) is 59.2 Å². The SMILES string of the molecule is CCNC(=NCC(OC)C(C)(C)C)N1CCC(OCCCOC)CC1. The lowest BCUT2D eigenvalue weighted by atomic mass is 9.89. The van der Waals surface area contributed by atoms with Crippen LogP contribution in [0.3, 0.4) is 0 Å². The first kappa shape index (κ1) is 22.2. The molecule has 1 N–H and O–H groups in total. The highest BCUT2D eigenvalue weighted by Crippen LogP contribution is 2.22. The van der Waals surface area contributed by atoms with E-state index in [1.54, 1.807) is 14.2 Å². The molecule has 1 unspecified atom stereocenters. The summed E-state index contributed by atoms with van der Waals surface area (Å²) in [6.07, 6.45) is 3.53. The van der Waals surface area contributed by atoms with Crippen LogP contribution in [-0.2, 0) is 14.2 Å². The summed E-state index contributed by atoms with van der Waals surface area (Å²) in [6, 6.07) is 0. The third-order valence-electron chi connectivity index (χ3n) is 4.58. The minimum atomic E-state index is 0.0820. The Bertz CT molecular complexity index is 375. The summed E-state index contributed by atoms with van der Waals surface area (Å²) < 4.78 is 16.6. The van der Waals surface area contributed by atoms with Crippen LogP contribution in [0.25, 0.3) is 0 Å². The third-order valence-corrected chi connectivity index (χ3v) is 4.58. The number of guanidine groups is 1. The number of rotatable bonds is 9. The predicted molar refractivity (Wildman–Crippen MR) is 103 cm³/mol. The lowest BCUT2D eigenvalue weighted by Gasteiger charge is -2.35. The van der Waals surface area contributed by atoms with Crippen LogP contribution >= 0.6 is 0 Å². The Kier molecular flexibility index (Phi) is 10.4. The molecule has 0 saturated carbocycles. The normalized spacial score (nSPS) is 18.5. The van der Waals surface area contributed by atoms with Gasteiger partial charge in [0.25, 0.3) is 0 Å². The molecule has 0 aliphatic carbocycles. The number of nitrogens with zero attached hydrogens (tertiary/aromatic N) is 2. The van der Waals surface area contributed by atoms with E-state index in [-0.39, 0.29) is 11.5 Å². The lowest BCUT2D eigenvalue weighted by Crippen LogP contribution is -2.47. The molecule has 1 saturated heterocycles. The first-order chi connectivity index (χ1) is 11.9. The summed E-state index contributed by atoms with van der Waals surface area (Å²) in [6.45, 7) is 13.7. The zero-order chi connectivity index (χ0) is 18.7. The van der Waals surface area contributed by atoms with Gasteiger partial charge < -0.3 is 24.4 Å². The third kappa shape index (κ3) is 8.38. The Morgan fingerprint density at radius 1 is 1.20 bits per heavy atom. The van der Waals surface area contributed by atoms with Crippen molar-refractivity contribution in [2.24, 2.45) is 10.4 Å². The zero-order valence-electron chi connectivity index (χ0n) is 17.1. The van der Waals surface area contributed by atoms with Gasteiger partial charge in [-0.05, 0) is 31.6 Å². The summed E-state index contributed by atoms with van der Waals surface area (Å²) in [5, 5.41) is 3.42. The van der Waals surface area contributed by atoms with E-state index in [1.807, 2.05) is 0 Å². The van der Waals surface area contributed by atoms with Gasteiger partial charge in [-0.1, -0.05) is 20.8 Å². The maximum absolute atomic E-state index is 5.95. The first-order valence-electron chi connectivity index (χ1n) is 9.59. The number of hydrogen-bond donors (Lipinski definition) is 1. The van der Waals surface area contributed by atoms with E-state index in [0.29, 0.717) is 12.6 Å². The Morgan fingerprint density at radius 2 is 1.88 bits per heavy atom. The molecule has 0 bridgehead atoms. The molecule has 0 spiro atoms. The fourth-order valence-corrected chi connectivity index (χ4v) is 2.98. The molecule has 1 fully saturated rings. The number of hydrogen-bond acceptors (Lipinski definition) is 4. The van der Waals surface area contributed by atoms with E-state index in [1.165, 1.54) is 0 Å². The number of methoxy groups -OCH3 is 2. The van der Waals surface area contributed by atoms with E-state index in [2.05, 4.69) is 37.9 Å². The lowest BCUT2D eigenvalue weighted by molar-refractivity contribution is 0.00943. The number of ether oxygens (including phenoxy) is 3. The molecular formula is C19H39N3O3. The zero-order valence-corrected chi connectivity index (χ0v) is 17.1. The Hall–Kier alpha value is -0.850. The topological polar surface area (TPSA) is 55.3 Å². The van der Waals surface area contributed by atoms with Crippen molar-refractivity contribution in [3.05, 3.63) is 0 Å². The van der Waals surface area contributed by atoms with Crippen molar-refractivity contribution in [2.75, 3.05) is 53.6 Å². The van der Waals surface area contributed by atoms with E-state index in [4.69, 9.17) is 19.2 Å². The second-order valence-corrected chi connectivity index (χ2v) is 7.69. The van der Waals surface area contributed by atoms with Gasteiger partial charge in [0, 0.05) is 47.1 Å². The summed E-state index contributed by atoms with van der Waals surface area (Å²) >= 11 is 0. The summed E-state index contributed by atoms with van der Waals surface area (Å²) in [7, 11) is 3.50. The van der Waals surface area contributed by atoms with Crippen molar-refractivity contribution in [1.29, 1.82) is 0 Å². The second kappa shape index (κ2) is 11.7. The van der Waals surface area contributed by atoms with Gasteiger partial charge in [0.2, 0.25) is 0 Å². The highest BCUT2D eigenvalue weighted by atomic mass is 16.5. The van der Waals surface area contributed by atoms with Crippen molar-refractivity contribution in [3.8, 4) is 0 Å². The molecule has 0 aromatic rings. The van der Waals surface area contributed by atoms with Gasteiger partial charge in [0.05, 0.1) is 18.8 Å². The van der Waals surface area contributed by atoms with Crippen molar-refractivity contribution in [3.63, 3.8) is 0 Å². The van der Waals surface area contributed by atoms with Crippen LogP contribution in [0.5, 0.6) is 0 Å². The van der Waals surface area contributed by atoms with Crippen LogP contribution in [0.1, 0.15) is 47.0 Å². The molecule has 0 radical (unpaired) electrons. The number of aliphatic imine (C=N–C) groups is 1. The van der Waals surface area contributed by atoms with Crippen molar-refractivity contribution >= 4 is 5.96 Å². The maximum atomic E-state index is 5.95. The molecule has 6 nitrogen and oxygen atoms in total. The Balaban J connectivity index is 2.50. The quantitative estimate of drug-likeness (QED) is 0.390. The van der Waals surface area contributed by atoms with Crippen LogP contribution in [-0.4, -0.2) is 76.7 Å². The van der Waals surface area contributed by atoms with Crippen LogP contribution in [0.15, 0.2) is 4.99 Å². The monoisotopic (exact) mass is 357 g/mol. The van der Waals surface area contributed by atoms with Gasteiger partial charge in [0.1, 0.15) is 0 Å². The summed E-state index contributed by atoms with van der Waals surface area (Å²) in [4.78, 5) is 7.18. The van der Waals surface area contributed by atoms with Crippen LogP contribution in [0.4, 0.5) is 0 Å². The van der Waals surface area contributed by atoms with E-state index >= 15 is 0 Å². The molecule has 6 heteroatoms. The van der Waals surface area contributed by atoms with Crippen LogP contribution < -0.4 is 5.32 Å². The van der Waals surface area contributed by atoms with E-state index < -0.39 is 0 Å². The summed E-state index contributed by atoms with van der Waals surface area (Å²) in [5.41, 5.74) is 0.0820. The van der Waals surface area contributed by atoms with E-state index in [9.17, 15) is 0 Å². The maximum Gasteiger partial charge on any atom is 0.194 e. The summed E-state index contributed by atoms with van der Waals surface area (Å²) in [5.74, 6) is 0.992. The molecule has 1 atom stereocenters. The second-order valence-electron chi connectivity index (χ2n) is 7.69. The first-order valence-corrected chi connectivity index (χ1v) is 9.59. The molecule has 1 heterocycles. The largest absolute Gasteiger partial charge is 0.385 e. The number of likely N-dealkylation sites (tertiary alicyclic amines) is 1. The van der Waals surface area contributed by atoms with Gasteiger partial charge in [-0.3, -0.25) is 4.99 Å². The molecule has 1 aliphatic rings. The average molecular weight is 358 g/mol. The molecule has 25 heavy (non-hydrogen) atoms. The highest BCUT2D eigenvalue weighted by molar-refractivity contribution is 5.80. The molecule has 1 rings (SSSR count). The molecule has 148 valence electrons. The molecular weight excluding hydrogens is 318 g/mol. The molecule has 1 aliphatic heterocycles. The molecule has 0 amide bonds. The molecule has 0 aromatic heterocycles. The fourth-order valence-electron chi connectivity index (χ4n) is 2.98. The van der Waals surface area contributed by atoms with Gasteiger partial charge in [0.15, 0.2) is 5.96 Å². The number of piperidine rings is 1. The van der Waals surface area contributed by atoms with Crippen molar-refractivity contribution in [1.82, 2.24) is 10.2 Å². The fraction of sp³-hybridized carbons (Fsp3) is 0.947.